The summed E-state index contributed by atoms with van der Waals surface area (Å²) < 4.78 is 4.98. The SMILES string of the molecule is CCOC(=O)c1cnc(N2CC3CCC(O)C3C2)nc1C. The first-order valence-corrected chi connectivity index (χ1v) is 7.54. The zero-order valence-corrected chi connectivity index (χ0v) is 12.5. The highest BCUT2D eigenvalue weighted by molar-refractivity contribution is 5.90. The molecule has 3 atom stereocenters. The summed E-state index contributed by atoms with van der Waals surface area (Å²) in [6.45, 7) is 5.59. The second-order valence-electron chi connectivity index (χ2n) is 5.86. The van der Waals surface area contributed by atoms with Gasteiger partial charge in [-0.25, -0.2) is 14.8 Å². The standard InChI is InChI=1S/C15H21N3O3/c1-3-21-14(20)11-6-16-15(17-9(11)2)18-7-10-4-5-13(19)12(10)8-18/h6,10,12-13,19H,3-5,7-8H2,1-2H3. The number of hydrogen-bond donors (Lipinski definition) is 1. The Bertz CT molecular complexity index is 549. The van der Waals surface area contributed by atoms with Crippen molar-refractivity contribution in [3.05, 3.63) is 17.5 Å². The summed E-state index contributed by atoms with van der Waals surface area (Å²) in [5.41, 5.74) is 1.05. The van der Waals surface area contributed by atoms with Gasteiger partial charge in [0.15, 0.2) is 0 Å². The number of aryl methyl sites for hydroxylation is 1. The number of aliphatic hydroxyl groups is 1. The average molecular weight is 291 g/mol. The van der Waals surface area contributed by atoms with E-state index in [1.54, 1.807) is 20.0 Å². The van der Waals surface area contributed by atoms with E-state index in [1.807, 2.05) is 0 Å². The lowest BCUT2D eigenvalue weighted by molar-refractivity contribution is 0.0524. The molecule has 3 rings (SSSR count). The number of ether oxygens (including phenoxy) is 1. The maximum absolute atomic E-state index is 11.8. The number of aliphatic hydroxyl groups excluding tert-OH is 1. The molecule has 1 N–H and O–H groups in total. The van der Waals surface area contributed by atoms with Crippen LogP contribution in [0.1, 0.15) is 35.8 Å². The fourth-order valence-corrected chi connectivity index (χ4v) is 3.42. The van der Waals surface area contributed by atoms with Gasteiger partial charge in [0.2, 0.25) is 5.95 Å². The molecule has 1 saturated heterocycles. The Hall–Kier alpha value is -1.69. The van der Waals surface area contributed by atoms with Crippen LogP contribution in [0.3, 0.4) is 0 Å². The molecule has 3 unspecified atom stereocenters. The number of esters is 1. The van der Waals surface area contributed by atoms with Gasteiger partial charge in [0.1, 0.15) is 0 Å². The molecule has 0 aromatic carbocycles. The van der Waals surface area contributed by atoms with Gasteiger partial charge in [0.05, 0.1) is 24.0 Å². The molecule has 114 valence electrons. The van der Waals surface area contributed by atoms with Crippen molar-refractivity contribution in [1.29, 1.82) is 0 Å². The van der Waals surface area contributed by atoms with E-state index in [9.17, 15) is 9.90 Å². The highest BCUT2D eigenvalue weighted by Crippen LogP contribution is 2.39. The highest BCUT2D eigenvalue weighted by Gasteiger charge is 2.42. The van der Waals surface area contributed by atoms with Gasteiger partial charge in [-0.2, -0.15) is 0 Å². The van der Waals surface area contributed by atoms with E-state index in [0.29, 0.717) is 35.6 Å². The summed E-state index contributed by atoms with van der Waals surface area (Å²) in [6.07, 6.45) is 3.33. The second kappa shape index (κ2) is 5.60. The molecule has 2 aliphatic rings. The Balaban J connectivity index is 1.76. The Morgan fingerprint density at radius 3 is 2.95 bits per heavy atom. The molecule has 2 fully saturated rings. The van der Waals surface area contributed by atoms with Gasteiger partial charge in [-0.1, -0.05) is 0 Å². The zero-order valence-electron chi connectivity index (χ0n) is 12.5. The largest absolute Gasteiger partial charge is 0.462 e. The van der Waals surface area contributed by atoms with Gasteiger partial charge in [0, 0.05) is 25.2 Å². The van der Waals surface area contributed by atoms with Crippen molar-refractivity contribution in [3.8, 4) is 0 Å². The van der Waals surface area contributed by atoms with Crippen LogP contribution >= 0.6 is 0 Å². The van der Waals surface area contributed by atoms with Crippen LogP contribution < -0.4 is 4.90 Å². The van der Waals surface area contributed by atoms with E-state index in [2.05, 4.69) is 14.9 Å². The lowest BCUT2D eigenvalue weighted by Gasteiger charge is -2.19. The molecule has 0 spiro atoms. The third-order valence-electron chi connectivity index (χ3n) is 4.56. The number of aromatic nitrogens is 2. The number of fused-ring (bicyclic) bond motifs is 1. The Morgan fingerprint density at radius 2 is 2.29 bits per heavy atom. The maximum atomic E-state index is 11.8. The van der Waals surface area contributed by atoms with Crippen LogP contribution in [0, 0.1) is 18.8 Å². The van der Waals surface area contributed by atoms with E-state index in [4.69, 9.17) is 4.74 Å². The van der Waals surface area contributed by atoms with Crippen LogP contribution in [-0.2, 0) is 4.74 Å². The van der Waals surface area contributed by atoms with Crippen LogP contribution in [0.15, 0.2) is 6.20 Å². The van der Waals surface area contributed by atoms with Gasteiger partial charge in [-0.15, -0.1) is 0 Å². The summed E-state index contributed by atoms with van der Waals surface area (Å²) in [5.74, 6) is 1.13. The quantitative estimate of drug-likeness (QED) is 0.843. The molecule has 1 saturated carbocycles. The van der Waals surface area contributed by atoms with Crippen molar-refractivity contribution in [2.75, 3.05) is 24.6 Å². The van der Waals surface area contributed by atoms with Crippen molar-refractivity contribution >= 4 is 11.9 Å². The highest BCUT2D eigenvalue weighted by atomic mass is 16.5. The van der Waals surface area contributed by atoms with Crippen LogP contribution in [0.2, 0.25) is 0 Å². The summed E-state index contributed by atoms with van der Waals surface area (Å²) in [7, 11) is 0. The lowest BCUT2D eigenvalue weighted by Crippen LogP contribution is -2.26. The summed E-state index contributed by atoms with van der Waals surface area (Å²) in [4.78, 5) is 22.6. The van der Waals surface area contributed by atoms with Crippen molar-refractivity contribution in [1.82, 2.24) is 9.97 Å². The number of nitrogens with zero attached hydrogens (tertiary/aromatic N) is 3. The first-order chi connectivity index (χ1) is 10.1. The molecule has 0 amide bonds. The minimum atomic E-state index is -0.379. The Morgan fingerprint density at radius 1 is 1.48 bits per heavy atom. The number of hydrogen-bond acceptors (Lipinski definition) is 6. The molecule has 1 aromatic rings. The topological polar surface area (TPSA) is 75.5 Å². The molecule has 6 nitrogen and oxygen atoms in total. The predicted octanol–water partition coefficient (Wildman–Crippen LogP) is 1.17. The smallest absolute Gasteiger partial charge is 0.341 e. The minimum absolute atomic E-state index is 0.195. The molecule has 1 aliphatic carbocycles. The molecule has 1 aromatic heterocycles. The van der Waals surface area contributed by atoms with Gasteiger partial charge < -0.3 is 14.7 Å². The molecule has 0 radical (unpaired) electrons. The summed E-state index contributed by atoms with van der Waals surface area (Å²) in [5, 5.41) is 9.97. The fraction of sp³-hybridized carbons (Fsp3) is 0.667. The van der Waals surface area contributed by atoms with Gasteiger partial charge in [-0.05, 0) is 32.6 Å². The van der Waals surface area contributed by atoms with Crippen LogP contribution in [0.25, 0.3) is 0 Å². The summed E-state index contributed by atoms with van der Waals surface area (Å²) >= 11 is 0. The lowest BCUT2D eigenvalue weighted by atomic mass is 10.00. The molecule has 2 heterocycles. The van der Waals surface area contributed by atoms with E-state index in [-0.39, 0.29) is 12.1 Å². The Kier molecular flexibility index (Phi) is 3.80. The Labute approximate surface area is 124 Å². The van der Waals surface area contributed by atoms with Crippen molar-refractivity contribution in [3.63, 3.8) is 0 Å². The number of anilines is 1. The maximum Gasteiger partial charge on any atom is 0.341 e. The van der Waals surface area contributed by atoms with Gasteiger partial charge in [-0.3, -0.25) is 0 Å². The molecule has 21 heavy (non-hydrogen) atoms. The molecular weight excluding hydrogens is 270 g/mol. The monoisotopic (exact) mass is 291 g/mol. The molecule has 1 aliphatic heterocycles. The predicted molar refractivity (Wildman–Crippen MR) is 77.2 cm³/mol. The summed E-state index contributed by atoms with van der Waals surface area (Å²) in [6, 6.07) is 0. The fourth-order valence-electron chi connectivity index (χ4n) is 3.42. The van der Waals surface area contributed by atoms with Gasteiger partial charge >= 0.3 is 5.97 Å². The number of carbonyl (C=O) groups excluding carboxylic acids is 1. The molecule has 0 bridgehead atoms. The van der Waals surface area contributed by atoms with Gasteiger partial charge in [0.25, 0.3) is 0 Å². The zero-order chi connectivity index (χ0) is 15.0. The van der Waals surface area contributed by atoms with Crippen LogP contribution in [0.4, 0.5) is 5.95 Å². The first kappa shape index (κ1) is 14.3. The first-order valence-electron chi connectivity index (χ1n) is 7.54. The van der Waals surface area contributed by atoms with Crippen molar-refractivity contribution in [2.45, 2.75) is 32.8 Å². The average Bonchev–Trinajstić information content (AvgIpc) is 3.01. The molecular formula is C15H21N3O3. The van der Waals surface area contributed by atoms with E-state index in [1.165, 1.54) is 0 Å². The van der Waals surface area contributed by atoms with E-state index in [0.717, 1.165) is 25.9 Å². The minimum Gasteiger partial charge on any atom is -0.462 e. The van der Waals surface area contributed by atoms with Crippen molar-refractivity contribution in [2.24, 2.45) is 11.8 Å². The number of carbonyl (C=O) groups is 1. The van der Waals surface area contributed by atoms with E-state index >= 15 is 0 Å². The third-order valence-corrected chi connectivity index (χ3v) is 4.56. The third kappa shape index (κ3) is 2.60. The molecule has 6 heteroatoms. The number of rotatable bonds is 3. The second-order valence-corrected chi connectivity index (χ2v) is 5.86. The van der Waals surface area contributed by atoms with Crippen molar-refractivity contribution < 1.29 is 14.6 Å². The van der Waals surface area contributed by atoms with Crippen LogP contribution in [-0.4, -0.2) is 46.8 Å². The normalized spacial score (nSPS) is 27.8. The van der Waals surface area contributed by atoms with E-state index < -0.39 is 0 Å². The van der Waals surface area contributed by atoms with Crippen LogP contribution in [0.5, 0.6) is 0 Å².